The monoisotopic (exact) mass is 235 g/mol. The molecule has 0 saturated heterocycles. The zero-order valence-corrected chi connectivity index (χ0v) is 10.9. The summed E-state index contributed by atoms with van der Waals surface area (Å²) in [5, 5.41) is 9.54. The number of hydrogen-bond donors (Lipinski definition) is 1. The molecule has 3 nitrogen and oxygen atoms in total. The molecule has 0 aromatic carbocycles. The fourth-order valence-corrected chi connectivity index (χ4v) is 3.15. The van der Waals surface area contributed by atoms with E-state index in [4.69, 9.17) is 0 Å². The van der Waals surface area contributed by atoms with Crippen molar-refractivity contribution in [3.8, 4) is 0 Å². The van der Waals surface area contributed by atoms with Gasteiger partial charge in [-0.25, -0.2) is 0 Å². The van der Waals surface area contributed by atoms with E-state index in [1.807, 2.05) is 6.92 Å². The number of aryl methyl sites for hydroxylation is 2. The Morgan fingerprint density at radius 1 is 1.35 bits per heavy atom. The average molecular weight is 235 g/mol. The summed E-state index contributed by atoms with van der Waals surface area (Å²) in [6, 6.07) is 4.25. The lowest BCUT2D eigenvalue weighted by Gasteiger charge is -2.40. The second kappa shape index (κ2) is 4.21. The van der Waals surface area contributed by atoms with E-state index in [9.17, 15) is 9.90 Å². The van der Waals surface area contributed by atoms with Crippen molar-refractivity contribution in [3.05, 3.63) is 23.5 Å². The Labute approximate surface area is 102 Å². The molecule has 0 bridgehead atoms. The van der Waals surface area contributed by atoms with Crippen molar-refractivity contribution >= 4 is 5.97 Å². The second-order valence-electron chi connectivity index (χ2n) is 5.47. The Morgan fingerprint density at radius 3 is 2.47 bits per heavy atom. The molecule has 2 unspecified atom stereocenters. The van der Waals surface area contributed by atoms with Crippen LogP contribution in [-0.4, -0.2) is 15.6 Å². The summed E-state index contributed by atoms with van der Waals surface area (Å²) < 4.78 is 2.22. The quantitative estimate of drug-likeness (QED) is 0.854. The zero-order valence-electron chi connectivity index (χ0n) is 10.9. The molecule has 1 heterocycles. The molecule has 1 saturated carbocycles. The van der Waals surface area contributed by atoms with Gasteiger partial charge in [0.1, 0.15) is 0 Å². The van der Waals surface area contributed by atoms with Crippen LogP contribution < -0.4 is 0 Å². The Balaban J connectivity index is 2.45. The summed E-state index contributed by atoms with van der Waals surface area (Å²) >= 11 is 0. The molecule has 0 spiro atoms. The highest BCUT2D eigenvalue weighted by Gasteiger charge is 2.44. The predicted octanol–water partition coefficient (Wildman–Crippen LogP) is 3.31. The molecule has 0 radical (unpaired) electrons. The molecule has 94 valence electrons. The smallest absolute Gasteiger partial charge is 0.311 e. The van der Waals surface area contributed by atoms with E-state index in [0.29, 0.717) is 0 Å². The van der Waals surface area contributed by atoms with E-state index in [0.717, 1.165) is 25.7 Å². The fourth-order valence-electron chi connectivity index (χ4n) is 3.15. The summed E-state index contributed by atoms with van der Waals surface area (Å²) in [5.74, 6) is -0.658. The molecule has 0 amide bonds. The number of hydrogen-bond acceptors (Lipinski definition) is 1. The lowest BCUT2D eigenvalue weighted by atomic mass is 9.71. The highest BCUT2D eigenvalue weighted by atomic mass is 16.4. The van der Waals surface area contributed by atoms with Crippen molar-refractivity contribution in [2.75, 3.05) is 0 Å². The minimum atomic E-state index is -0.658. The van der Waals surface area contributed by atoms with E-state index in [2.05, 4.69) is 30.5 Å². The van der Waals surface area contributed by atoms with E-state index in [-0.39, 0.29) is 6.04 Å². The molecule has 1 aromatic rings. The standard InChI is InChI=1S/C14H21NO2/c1-10-7-8-11(2)15(10)12-6-4-5-9-14(12,3)13(16)17/h7-8,12H,4-6,9H2,1-3H3,(H,16,17). The van der Waals surface area contributed by atoms with Gasteiger partial charge in [-0.1, -0.05) is 12.8 Å². The van der Waals surface area contributed by atoms with Crippen molar-refractivity contribution < 1.29 is 9.90 Å². The van der Waals surface area contributed by atoms with Crippen LogP contribution in [0.25, 0.3) is 0 Å². The number of carboxylic acid groups (broad SMARTS) is 1. The van der Waals surface area contributed by atoms with Gasteiger partial charge >= 0.3 is 5.97 Å². The van der Waals surface area contributed by atoms with Crippen LogP contribution >= 0.6 is 0 Å². The van der Waals surface area contributed by atoms with Crippen LogP contribution in [0.1, 0.15) is 50.0 Å². The third-order valence-corrected chi connectivity index (χ3v) is 4.29. The Kier molecular flexibility index (Phi) is 3.02. The van der Waals surface area contributed by atoms with Crippen LogP contribution in [-0.2, 0) is 4.79 Å². The van der Waals surface area contributed by atoms with Crippen molar-refractivity contribution in [3.63, 3.8) is 0 Å². The van der Waals surface area contributed by atoms with Gasteiger partial charge in [-0.2, -0.15) is 0 Å². The molecular formula is C14H21NO2. The van der Waals surface area contributed by atoms with Crippen LogP contribution in [0.2, 0.25) is 0 Å². The van der Waals surface area contributed by atoms with E-state index in [1.165, 1.54) is 11.4 Å². The minimum Gasteiger partial charge on any atom is -0.481 e. The highest BCUT2D eigenvalue weighted by Crippen LogP contribution is 2.45. The van der Waals surface area contributed by atoms with Gasteiger partial charge in [0.05, 0.1) is 5.41 Å². The van der Waals surface area contributed by atoms with Crippen LogP contribution in [0.3, 0.4) is 0 Å². The maximum absolute atomic E-state index is 11.6. The Bertz CT molecular complexity index is 416. The summed E-state index contributed by atoms with van der Waals surface area (Å²) in [5.41, 5.74) is 1.72. The molecule has 1 N–H and O–H groups in total. The first kappa shape index (κ1) is 12.2. The predicted molar refractivity (Wildman–Crippen MR) is 67.2 cm³/mol. The first-order valence-electron chi connectivity index (χ1n) is 6.34. The van der Waals surface area contributed by atoms with E-state index in [1.54, 1.807) is 0 Å². The van der Waals surface area contributed by atoms with Gasteiger partial charge in [-0.05, 0) is 45.7 Å². The van der Waals surface area contributed by atoms with Crippen molar-refractivity contribution in [1.82, 2.24) is 4.57 Å². The maximum Gasteiger partial charge on any atom is 0.311 e. The molecule has 1 aromatic heterocycles. The summed E-state index contributed by atoms with van der Waals surface area (Å²) in [6.07, 6.45) is 3.91. The Morgan fingerprint density at radius 2 is 1.94 bits per heavy atom. The van der Waals surface area contributed by atoms with Gasteiger partial charge in [0.25, 0.3) is 0 Å². The van der Waals surface area contributed by atoms with Gasteiger partial charge in [-0.3, -0.25) is 4.79 Å². The first-order valence-corrected chi connectivity index (χ1v) is 6.34. The topological polar surface area (TPSA) is 42.2 Å². The molecule has 0 aliphatic heterocycles. The van der Waals surface area contributed by atoms with Gasteiger partial charge in [0, 0.05) is 17.4 Å². The number of rotatable bonds is 2. The number of aromatic nitrogens is 1. The van der Waals surface area contributed by atoms with Gasteiger partial charge in [0.2, 0.25) is 0 Å². The van der Waals surface area contributed by atoms with Crippen LogP contribution in [0.5, 0.6) is 0 Å². The van der Waals surface area contributed by atoms with Crippen molar-refractivity contribution in [2.24, 2.45) is 5.41 Å². The lowest BCUT2D eigenvalue weighted by Crippen LogP contribution is -2.40. The highest BCUT2D eigenvalue weighted by molar-refractivity contribution is 5.75. The first-order chi connectivity index (χ1) is 7.97. The number of carboxylic acids is 1. The van der Waals surface area contributed by atoms with Crippen molar-refractivity contribution in [2.45, 2.75) is 52.5 Å². The molecule has 17 heavy (non-hydrogen) atoms. The third-order valence-electron chi connectivity index (χ3n) is 4.29. The van der Waals surface area contributed by atoms with Gasteiger partial charge in [0.15, 0.2) is 0 Å². The van der Waals surface area contributed by atoms with E-state index >= 15 is 0 Å². The maximum atomic E-state index is 11.6. The summed E-state index contributed by atoms with van der Waals surface area (Å²) in [7, 11) is 0. The summed E-state index contributed by atoms with van der Waals surface area (Å²) in [4.78, 5) is 11.6. The Hall–Kier alpha value is -1.25. The third kappa shape index (κ3) is 1.88. The van der Waals surface area contributed by atoms with Gasteiger partial charge in [-0.15, -0.1) is 0 Å². The number of carbonyl (C=O) groups is 1. The second-order valence-corrected chi connectivity index (χ2v) is 5.47. The largest absolute Gasteiger partial charge is 0.481 e. The minimum absolute atomic E-state index is 0.101. The summed E-state index contributed by atoms with van der Waals surface area (Å²) in [6.45, 7) is 6.02. The molecule has 3 heteroatoms. The zero-order chi connectivity index (χ0) is 12.6. The van der Waals surface area contributed by atoms with Gasteiger partial charge < -0.3 is 9.67 Å². The van der Waals surface area contributed by atoms with Crippen LogP contribution in [0, 0.1) is 19.3 Å². The fraction of sp³-hybridized carbons (Fsp3) is 0.643. The average Bonchev–Trinajstić information content (AvgIpc) is 2.60. The molecule has 2 rings (SSSR count). The molecule has 1 aliphatic carbocycles. The lowest BCUT2D eigenvalue weighted by molar-refractivity contribution is -0.153. The normalized spacial score (nSPS) is 29.2. The molecule has 1 fully saturated rings. The SMILES string of the molecule is Cc1ccc(C)n1C1CCCCC1(C)C(=O)O. The van der Waals surface area contributed by atoms with Crippen LogP contribution in [0.15, 0.2) is 12.1 Å². The molecular weight excluding hydrogens is 214 g/mol. The number of aliphatic carboxylic acids is 1. The molecule has 1 aliphatic rings. The van der Waals surface area contributed by atoms with E-state index < -0.39 is 11.4 Å². The molecule has 2 atom stereocenters. The number of nitrogens with zero attached hydrogens (tertiary/aromatic N) is 1. The van der Waals surface area contributed by atoms with Crippen LogP contribution in [0.4, 0.5) is 0 Å². The van der Waals surface area contributed by atoms with Crippen molar-refractivity contribution in [1.29, 1.82) is 0 Å².